The molecule has 1 N–H and O–H groups in total. The number of carbonyl (C=O) groups is 1. The van der Waals surface area contributed by atoms with E-state index in [4.69, 9.17) is 11.6 Å². The topological polar surface area (TPSA) is 54.9 Å². The van der Waals surface area contributed by atoms with Crippen molar-refractivity contribution in [1.82, 2.24) is 15.3 Å². The summed E-state index contributed by atoms with van der Waals surface area (Å²) in [7, 11) is 0. The van der Waals surface area contributed by atoms with Gasteiger partial charge in [-0.25, -0.2) is 14.4 Å². The Morgan fingerprint density at radius 2 is 1.88 bits per heavy atom. The minimum atomic E-state index is -0.505. The Hall–Kier alpha value is -2.79. The Morgan fingerprint density at radius 3 is 2.60 bits per heavy atom. The number of nitrogens with one attached hydrogen (secondary N) is 1. The van der Waals surface area contributed by atoms with E-state index in [1.807, 2.05) is 37.3 Å². The Morgan fingerprint density at radius 1 is 1.12 bits per heavy atom. The van der Waals surface area contributed by atoms with Crippen LogP contribution in [0.2, 0.25) is 5.02 Å². The van der Waals surface area contributed by atoms with Crippen molar-refractivity contribution < 1.29 is 9.18 Å². The molecule has 126 valence electrons. The lowest BCUT2D eigenvalue weighted by Gasteiger charge is -2.14. The van der Waals surface area contributed by atoms with E-state index in [2.05, 4.69) is 15.3 Å². The van der Waals surface area contributed by atoms with Crippen molar-refractivity contribution in [3.8, 4) is 11.3 Å². The minimum absolute atomic E-state index is 0.000173. The number of amides is 1. The number of aromatic nitrogens is 2. The summed E-state index contributed by atoms with van der Waals surface area (Å²) in [4.78, 5) is 20.6. The normalized spacial score (nSPS) is 11.8. The summed E-state index contributed by atoms with van der Waals surface area (Å²) in [5, 5.41) is 2.90. The molecule has 0 radical (unpaired) electrons. The lowest BCUT2D eigenvalue weighted by atomic mass is 10.1. The summed E-state index contributed by atoms with van der Waals surface area (Å²) < 4.78 is 13.3. The second kappa shape index (κ2) is 7.40. The third-order valence-electron chi connectivity index (χ3n) is 3.76. The van der Waals surface area contributed by atoms with E-state index in [1.165, 1.54) is 18.5 Å². The first-order valence-corrected chi connectivity index (χ1v) is 8.05. The number of carbonyl (C=O) groups excluding carboxylic acids is 1. The zero-order valence-electron chi connectivity index (χ0n) is 13.4. The predicted molar refractivity (Wildman–Crippen MR) is 94.8 cm³/mol. The molecule has 1 unspecified atom stereocenters. The third-order valence-corrected chi connectivity index (χ3v) is 4.05. The molecule has 25 heavy (non-hydrogen) atoms. The fourth-order valence-electron chi connectivity index (χ4n) is 2.39. The summed E-state index contributed by atoms with van der Waals surface area (Å²) in [6.45, 7) is 1.90. The molecule has 0 saturated carbocycles. The third kappa shape index (κ3) is 4.00. The van der Waals surface area contributed by atoms with Crippen LogP contribution >= 0.6 is 11.6 Å². The quantitative estimate of drug-likeness (QED) is 0.753. The van der Waals surface area contributed by atoms with Gasteiger partial charge in [0.2, 0.25) is 0 Å². The van der Waals surface area contributed by atoms with Crippen LogP contribution in [0.4, 0.5) is 4.39 Å². The van der Waals surface area contributed by atoms with Crippen LogP contribution in [0.25, 0.3) is 11.3 Å². The van der Waals surface area contributed by atoms with E-state index in [0.717, 1.165) is 5.56 Å². The van der Waals surface area contributed by atoms with Crippen molar-refractivity contribution in [2.75, 3.05) is 0 Å². The number of hydrogen-bond acceptors (Lipinski definition) is 3. The van der Waals surface area contributed by atoms with Gasteiger partial charge in [-0.1, -0.05) is 41.9 Å². The van der Waals surface area contributed by atoms with E-state index in [9.17, 15) is 9.18 Å². The lowest BCUT2D eigenvalue weighted by molar-refractivity contribution is 0.0934. The first-order valence-electron chi connectivity index (χ1n) is 7.68. The molecular formula is C19H15ClFN3O. The monoisotopic (exact) mass is 355 g/mol. The zero-order chi connectivity index (χ0) is 17.8. The van der Waals surface area contributed by atoms with Crippen LogP contribution in [0, 0.1) is 5.82 Å². The maximum absolute atomic E-state index is 13.3. The highest BCUT2D eigenvalue weighted by atomic mass is 35.5. The van der Waals surface area contributed by atoms with Crippen LogP contribution in [-0.2, 0) is 0 Å². The van der Waals surface area contributed by atoms with Crippen LogP contribution < -0.4 is 5.32 Å². The lowest BCUT2D eigenvalue weighted by Crippen LogP contribution is -2.27. The van der Waals surface area contributed by atoms with Crippen molar-refractivity contribution in [3.63, 3.8) is 0 Å². The van der Waals surface area contributed by atoms with E-state index in [1.54, 1.807) is 12.1 Å². The second-order valence-corrected chi connectivity index (χ2v) is 5.93. The molecule has 0 aliphatic rings. The molecule has 0 aliphatic heterocycles. The highest BCUT2D eigenvalue weighted by molar-refractivity contribution is 6.31. The fraction of sp³-hybridized carbons (Fsp3) is 0.105. The fourth-order valence-corrected chi connectivity index (χ4v) is 2.57. The molecule has 0 saturated heterocycles. The zero-order valence-corrected chi connectivity index (χ0v) is 14.2. The van der Waals surface area contributed by atoms with E-state index >= 15 is 0 Å². The molecule has 0 spiro atoms. The second-order valence-electron chi connectivity index (χ2n) is 5.52. The molecular weight excluding hydrogens is 341 g/mol. The van der Waals surface area contributed by atoms with Crippen molar-refractivity contribution in [1.29, 1.82) is 0 Å². The molecule has 2 aromatic carbocycles. The van der Waals surface area contributed by atoms with Gasteiger partial charge in [-0.3, -0.25) is 4.79 Å². The summed E-state index contributed by atoms with van der Waals surface area (Å²) in [5.74, 6) is -0.817. The summed E-state index contributed by atoms with van der Waals surface area (Å²) in [6.07, 6.45) is 1.30. The smallest absolute Gasteiger partial charge is 0.270 e. The van der Waals surface area contributed by atoms with E-state index in [0.29, 0.717) is 11.3 Å². The van der Waals surface area contributed by atoms with Gasteiger partial charge in [-0.2, -0.15) is 0 Å². The van der Waals surface area contributed by atoms with Crippen LogP contribution in [0.15, 0.2) is 60.9 Å². The molecule has 3 rings (SSSR count). The van der Waals surface area contributed by atoms with Gasteiger partial charge in [0, 0.05) is 5.56 Å². The van der Waals surface area contributed by atoms with Gasteiger partial charge in [0.25, 0.3) is 5.91 Å². The van der Waals surface area contributed by atoms with Crippen LogP contribution in [0.1, 0.15) is 29.0 Å². The van der Waals surface area contributed by atoms with Gasteiger partial charge in [0.05, 0.1) is 16.8 Å². The average molecular weight is 356 g/mol. The van der Waals surface area contributed by atoms with Crippen LogP contribution in [-0.4, -0.2) is 15.9 Å². The molecule has 1 amide bonds. The van der Waals surface area contributed by atoms with E-state index < -0.39 is 5.82 Å². The Kier molecular flexibility index (Phi) is 5.05. The summed E-state index contributed by atoms with van der Waals surface area (Å²) in [5.41, 5.74) is 2.33. The highest BCUT2D eigenvalue weighted by Crippen LogP contribution is 2.23. The first-order chi connectivity index (χ1) is 12.0. The molecule has 0 bridgehead atoms. The largest absolute Gasteiger partial charge is 0.344 e. The summed E-state index contributed by atoms with van der Waals surface area (Å²) >= 11 is 5.81. The molecule has 1 aromatic heterocycles. The summed E-state index contributed by atoms with van der Waals surface area (Å²) in [6, 6.07) is 15.3. The Bertz CT molecular complexity index is 902. The SMILES string of the molecule is CC(NC(=O)c1cc(-c2ccc(F)c(Cl)c2)ncn1)c1ccccc1. The maximum atomic E-state index is 13.3. The van der Waals surface area contributed by atoms with Crippen LogP contribution in [0.3, 0.4) is 0 Å². The molecule has 1 atom stereocenters. The molecule has 6 heteroatoms. The Labute approximate surface area is 149 Å². The van der Waals surface area contributed by atoms with Gasteiger partial charge >= 0.3 is 0 Å². The number of rotatable bonds is 4. The highest BCUT2D eigenvalue weighted by Gasteiger charge is 2.14. The Balaban J connectivity index is 1.81. The van der Waals surface area contributed by atoms with Crippen molar-refractivity contribution >= 4 is 17.5 Å². The van der Waals surface area contributed by atoms with Gasteiger partial charge in [0.1, 0.15) is 17.8 Å². The number of hydrogen-bond donors (Lipinski definition) is 1. The molecule has 1 heterocycles. The predicted octanol–water partition coefficient (Wildman–Crippen LogP) is 4.43. The number of nitrogens with zero attached hydrogens (tertiary/aromatic N) is 2. The standard InChI is InChI=1S/C19H15ClFN3O/c1-12(13-5-3-2-4-6-13)24-19(25)18-10-17(22-11-23-18)14-7-8-16(21)15(20)9-14/h2-12H,1H3,(H,24,25). The van der Waals surface area contributed by atoms with Crippen molar-refractivity contribution in [2.45, 2.75) is 13.0 Å². The van der Waals surface area contributed by atoms with Crippen LogP contribution in [0.5, 0.6) is 0 Å². The molecule has 3 aromatic rings. The van der Waals surface area contributed by atoms with Crippen molar-refractivity contribution in [3.05, 3.63) is 83.0 Å². The maximum Gasteiger partial charge on any atom is 0.270 e. The van der Waals surface area contributed by atoms with Gasteiger partial charge < -0.3 is 5.32 Å². The van der Waals surface area contributed by atoms with Gasteiger partial charge in [-0.05, 0) is 36.8 Å². The van der Waals surface area contributed by atoms with E-state index in [-0.39, 0.29) is 22.7 Å². The van der Waals surface area contributed by atoms with Crippen molar-refractivity contribution in [2.24, 2.45) is 0 Å². The number of benzene rings is 2. The van der Waals surface area contributed by atoms with Gasteiger partial charge in [-0.15, -0.1) is 0 Å². The molecule has 0 fully saturated rings. The molecule has 4 nitrogen and oxygen atoms in total. The average Bonchev–Trinajstić information content (AvgIpc) is 2.64. The number of halogens is 2. The molecule has 0 aliphatic carbocycles. The minimum Gasteiger partial charge on any atom is -0.344 e. The van der Waals surface area contributed by atoms with Gasteiger partial charge in [0.15, 0.2) is 0 Å². The first kappa shape index (κ1) is 17.0.